The number of primary amides is 1. The summed E-state index contributed by atoms with van der Waals surface area (Å²) in [7, 11) is 0. The summed E-state index contributed by atoms with van der Waals surface area (Å²) in [6.45, 7) is 0. The van der Waals surface area contributed by atoms with Crippen molar-refractivity contribution in [3.05, 3.63) is 38.4 Å². The van der Waals surface area contributed by atoms with Gasteiger partial charge in [0.15, 0.2) is 0 Å². The number of anilines is 1. The van der Waals surface area contributed by atoms with E-state index >= 15 is 0 Å². The van der Waals surface area contributed by atoms with Crippen LogP contribution in [0.2, 0.25) is 0 Å². The highest BCUT2D eigenvalue weighted by Crippen LogP contribution is 2.33. The van der Waals surface area contributed by atoms with Crippen LogP contribution in [0, 0.1) is 20.2 Å². The maximum absolute atomic E-state index is 10.6. The van der Waals surface area contributed by atoms with Crippen LogP contribution in [0.5, 0.6) is 0 Å². The Morgan fingerprint density at radius 1 is 1.25 bits per heavy atom. The van der Waals surface area contributed by atoms with E-state index in [1.54, 1.807) is 0 Å². The van der Waals surface area contributed by atoms with Gasteiger partial charge in [-0.05, 0) is 6.07 Å². The van der Waals surface area contributed by atoms with Gasteiger partial charge < -0.3 is 11.1 Å². The molecule has 0 radical (unpaired) electrons. The number of para-hydroxylation sites is 1. The highest BCUT2D eigenvalue weighted by atomic mass is 16.6. The summed E-state index contributed by atoms with van der Waals surface area (Å²) >= 11 is 0. The summed E-state index contributed by atoms with van der Waals surface area (Å²) in [5, 5.41) is 23.1. The van der Waals surface area contributed by atoms with Crippen LogP contribution in [0.1, 0.15) is 0 Å². The summed E-state index contributed by atoms with van der Waals surface area (Å²) in [5.41, 5.74) is 2.95. The number of nitrogens with one attached hydrogen (secondary N) is 1. The molecule has 0 heterocycles. The molecule has 0 unspecified atom stereocenters. The third kappa shape index (κ3) is 2.20. The van der Waals surface area contributed by atoms with Crippen molar-refractivity contribution < 1.29 is 14.6 Å². The first-order valence-corrected chi connectivity index (χ1v) is 3.91. The number of nitrogens with two attached hydrogens (primary N) is 1. The van der Waals surface area contributed by atoms with E-state index in [0.717, 1.165) is 12.1 Å². The molecule has 0 atom stereocenters. The van der Waals surface area contributed by atoms with Crippen LogP contribution in [0.4, 0.5) is 21.9 Å². The zero-order valence-corrected chi connectivity index (χ0v) is 7.75. The van der Waals surface area contributed by atoms with Crippen molar-refractivity contribution >= 4 is 23.1 Å². The first-order chi connectivity index (χ1) is 7.43. The Hall–Kier alpha value is -2.71. The number of nitro groups is 2. The molecule has 3 N–H and O–H groups in total. The zero-order valence-electron chi connectivity index (χ0n) is 7.75. The van der Waals surface area contributed by atoms with Crippen molar-refractivity contribution in [1.82, 2.24) is 0 Å². The van der Waals surface area contributed by atoms with Gasteiger partial charge in [-0.1, -0.05) is 6.07 Å². The van der Waals surface area contributed by atoms with Crippen molar-refractivity contribution in [2.24, 2.45) is 5.73 Å². The lowest BCUT2D eigenvalue weighted by Gasteiger charge is -2.02. The highest BCUT2D eigenvalue weighted by Gasteiger charge is 2.28. The van der Waals surface area contributed by atoms with Crippen molar-refractivity contribution in [1.29, 1.82) is 0 Å². The van der Waals surface area contributed by atoms with Gasteiger partial charge in [0.1, 0.15) is 5.69 Å². The van der Waals surface area contributed by atoms with Crippen molar-refractivity contribution in [3.8, 4) is 0 Å². The van der Waals surface area contributed by atoms with Crippen molar-refractivity contribution in [2.45, 2.75) is 0 Å². The second-order valence-electron chi connectivity index (χ2n) is 2.68. The number of nitro benzene ring substituents is 2. The molecule has 0 saturated carbocycles. The van der Waals surface area contributed by atoms with Gasteiger partial charge in [0.05, 0.1) is 9.85 Å². The molecule has 1 rings (SSSR count). The van der Waals surface area contributed by atoms with E-state index < -0.39 is 27.3 Å². The average Bonchev–Trinajstić information content (AvgIpc) is 2.15. The minimum absolute atomic E-state index is 0.313. The molecule has 0 spiro atoms. The molecular formula is C7H6N4O5. The number of carbonyl (C=O) groups is 1. The lowest BCUT2D eigenvalue weighted by Crippen LogP contribution is -2.20. The lowest BCUT2D eigenvalue weighted by molar-refractivity contribution is -0.421. The minimum Gasteiger partial charge on any atom is -0.351 e. The van der Waals surface area contributed by atoms with Crippen LogP contribution in [-0.4, -0.2) is 15.9 Å². The van der Waals surface area contributed by atoms with Crippen LogP contribution in [0.3, 0.4) is 0 Å². The van der Waals surface area contributed by atoms with Crippen LogP contribution in [-0.2, 0) is 0 Å². The van der Waals surface area contributed by atoms with Gasteiger partial charge in [-0.25, -0.2) is 4.79 Å². The van der Waals surface area contributed by atoms with Gasteiger partial charge in [-0.15, -0.1) is 0 Å². The molecule has 1 aromatic rings. The monoisotopic (exact) mass is 226 g/mol. The summed E-state index contributed by atoms with van der Waals surface area (Å²) < 4.78 is 0. The van der Waals surface area contributed by atoms with E-state index in [2.05, 4.69) is 0 Å². The molecular weight excluding hydrogens is 220 g/mol. The highest BCUT2D eigenvalue weighted by molar-refractivity contribution is 5.92. The number of carbonyl (C=O) groups excluding carboxylic acids is 1. The second kappa shape index (κ2) is 4.21. The Labute approximate surface area is 88.2 Å². The van der Waals surface area contributed by atoms with Gasteiger partial charge in [-0.2, -0.15) is 0 Å². The quantitative estimate of drug-likeness (QED) is 0.583. The number of benzene rings is 1. The predicted molar refractivity (Wildman–Crippen MR) is 53.0 cm³/mol. The summed E-state index contributed by atoms with van der Waals surface area (Å²) in [6, 6.07) is 2.28. The fraction of sp³-hybridized carbons (Fsp3) is 0. The third-order valence-electron chi connectivity index (χ3n) is 1.65. The number of nitrogens with zero attached hydrogens (tertiary/aromatic N) is 2. The molecule has 0 aliphatic rings. The van der Waals surface area contributed by atoms with Gasteiger partial charge in [-0.3, -0.25) is 20.2 Å². The van der Waals surface area contributed by atoms with Crippen molar-refractivity contribution in [2.75, 3.05) is 5.32 Å². The molecule has 9 heteroatoms. The molecule has 1 aromatic carbocycles. The Kier molecular flexibility index (Phi) is 2.99. The molecule has 0 saturated heterocycles. The molecule has 0 aliphatic carbocycles. The molecule has 9 nitrogen and oxygen atoms in total. The largest absolute Gasteiger partial charge is 0.369 e. The number of rotatable bonds is 3. The average molecular weight is 226 g/mol. The van der Waals surface area contributed by atoms with E-state index in [1.807, 2.05) is 5.32 Å². The number of hydrogen-bond acceptors (Lipinski definition) is 5. The Morgan fingerprint density at radius 2 is 1.88 bits per heavy atom. The maximum atomic E-state index is 10.6. The first-order valence-electron chi connectivity index (χ1n) is 3.91. The maximum Gasteiger partial charge on any atom is 0.369 e. The normalized spacial score (nSPS) is 9.50. The van der Waals surface area contributed by atoms with E-state index in [4.69, 9.17) is 5.73 Å². The zero-order chi connectivity index (χ0) is 12.3. The standard InChI is InChI=1S/C7H6N4O5/c8-7(12)9-4-2-1-3-5(10(13)14)6(4)11(15)16/h1-3H,(H3,8,9,12). The first kappa shape index (κ1) is 11.4. The van der Waals surface area contributed by atoms with E-state index in [0.29, 0.717) is 0 Å². The van der Waals surface area contributed by atoms with Crippen LogP contribution in [0.15, 0.2) is 18.2 Å². The SMILES string of the molecule is NC(=O)Nc1cccc([N+](=O)[O-])c1[N+](=O)[O-]. The molecule has 2 amide bonds. The number of amides is 2. The topological polar surface area (TPSA) is 141 Å². The summed E-state index contributed by atoms with van der Waals surface area (Å²) in [4.78, 5) is 29.8. The second-order valence-corrected chi connectivity index (χ2v) is 2.68. The fourth-order valence-electron chi connectivity index (χ4n) is 1.10. The van der Waals surface area contributed by atoms with Gasteiger partial charge in [0, 0.05) is 6.07 Å². The molecule has 0 aromatic heterocycles. The fourth-order valence-corrected chi connectivity index (χ4v) is 1.10. The molecule has 0 fully saturated rings. The van der Waals surface area contributed by atoms with E-state index in [9.17, 15) is 25.0 Å². The van der Waals surface area contributed by atoms with Crippen molar-refractivity contribution in [3.63, 3.8) is 0 Å². The minimum atomic E-state index is -1.04. The smallest absolute Gasteiger partial charge is 0.351 e. The van der Waals surface area contributed by atoms with Crippen LogP contribution >= 0.6 is 0 Å². The number of urea groups is 1. The summed E-state index contributed by atoms with van der Waals surface area (Å²) in [5.74, 6) is 0. The lowest BCUT2D eigenvalue weighted by atomic mass is 10.2. The van der Waals surface area contributed by atoms with Crippen LogP contribution < -0.4 is 11.1 Å². The molecule has 16 heavy (non-hydrogen) atoms. The molecule has 84 valence electrons. The Morgan fingerprint density at radius 3 is 2.31 bits per heavy atom. The summed E-state index contributed by atoms with van der Waals surface area (Å²) in [6.07, 6.45) is 0. The van der Waals surface area contributed by atoms with E-state index in [1.165, 1.54) is 6.07 Å². The Bertz CT molecular complexity index is 472. The molecule has 0 aliphatic heterocycles. The Balaban J connectivity index is 3.38. The van der Waals surface area contributed by atoms with Gasteiger partial charge in [0.25, 0.3) is 0 Å². The number of hydrogen-bond donors (Lipinski definition) is 2. The third-order valence-corrected chi connectivity index (χ3v) is 1.65. The predicted octanol–water partition coefficient (Wildman–Crippen LogP) is 0.994. The van der Waals surface area contributed by atoms with Gasteiger partial charge in [0.2, 0.25) is 0 Å². The van der Waals surface area contributed by atoms with Crippen LogP contribution in [0.25, 0.3) is 0 Å². The van der Waals surface area contributed by atoms with Gasteiger partial charge >= 0.3 is 17.4 Å². The van der Waals surface area contributed by atoms with E-state index in [-0.39, 0.29) is 5.69 Å². The molecule has 0 bridgehead atoms.